The number of halogens is 1. The van der Waals surface area contributed by atoms with Crippen molar-refractivity contribution in [2.24, 2.45) is 0 Å². The number of allylic oxidation sites excluding steroid dienone is 3. The molecule has 2 unspecified atom stereocenters. The van der Waals surface area contributed by atoms with E-state index in [4.69, 9.17) is 9.47 Å². The van der Waals surface area contributed by atoms with E-state index in [-0.39, 0.29) is 5.76 Å². The lowest BCUT2D eigenvalue weighted by atomic mass is 9.90. The molecule has 5 heteroatoms. The lowest BCUT2D eigenvalue weighted by molar-refractivity contribution is -0.133. The molecule has 1 aliphatic carbocycles. The van der Waals surface area contributed by atoms with Crippen LogP contribution in [0.5, 0.6) is 5.75 Å². The minimum Gasteiger partial charge on any atom is -0.424 e. The molecule has 0 bridgehead atoms. The second-order valence-corrected chi connectivity index (χ2v) is 4.72. The second kappa shape index (κ2) is 7.35. The Kier molecular flexibility index (Phi) is 5.25. The highest BCUT2D eigenvalue weighted by Gasteiger charge is 2.23. The molecule has 0 spiro atoms. The molecule has 2 rings (SSSR count). The molecular formula is C18H15FO4. The molecule has 0 radical (unpaired) electrons. The third-order valence-electron chi connectivity index (χ3n) is 3.17. The van der Waals surface area contributed by atoms with Gasteiger partial charge in [0.1, 0.15) is 17.7 Å². The zero-order valence-electron chi connectivity index (χ0n) is 12.3. The van der Waals surface area contributed by atoms with Gasteiger partial charge in [0, 0.05) is 18.1 Å². The fourth-order valence-corrected chi connectivity index (χ4v) is 2.06. The van der Waals surface area contributed by atoms with Crippen molar-refractivity contribution in [1.82, 2.24) is 0 Å². The van der Waals surface area contributed by atoms with Gasteiger partial charge in [-0.1, -0.05) is 31.4 Å². The van der Waals surface area contributed by atoms with E-state index in [9.17, 15) is 14.0 Å². The molecule has 0 amide bonds. The average Bonchev–Trinajstić information content (AvgIpc) is 2.55. The Morgan fingerprint density at radius 3 is 2.22 bits per heavy atom. The summed E-state index contributed by atoms with van der Waals surface area (Å²) in [5.41, 5.74) is 0.706. The summed E-state index contributed by atoms with van der Waals surface area (Å²) in [6.45, 7) is 6.59. The summed E-state index contributed by atoms with van der Waals surface area (Å²) >= 11 is 0. The quantitative estimate of drug-likeness (QED) is 0.475. The molecule has 4 nitrogen and oxygen atoms in total. The maximum atomic E-state index is 14.3. The van der Waals surface area contributed by atoms with Crippen LogP contribution in [-0.4, -0.2) is 18.1 Å². The average molecular weight is 314 g/mol. The SMILES string of the molecule is C=CC(=O)OC1=CC(F)C(c2ccc(OC(=O)C=C)cc2)C=C1. The van der Waals surface area contributed by atoms with Gasteiger partial charge < -0.3 is 9.47 Å². The van der Waals surface area contributed by atoms with Gasteiger partial charge in [0.05, 0.1) is 0 Å². The maximum absolute atomic E-state index is 14.3. The van der Waals surface area contributed by atoms with Crippen molar-refractivity contribution in [3.05, 3.63) is 79.1 Å². The second-order valence-electron chi connectivity index (χ2n) is 4.72. The van der Waals surface area contributed by atoms with E-state index in [0.29, 0.717) is 11.3 Å². The molecule has 23 heavy (non-hydrogen) atoms. The summed E-state index contributed by atoms with van der Waals surface area (Å²) in [6, 6.07) is 6.49. The summed E-state index contributed by atoms with van der Waals surface area (Å²) in [5.74, 6) is -1.21. The van der Waals surface area contributed by atoms with Crippen molar-refractivity contribution < 1.29 is 23.5 Å². The molecule has 1 aromatic rings. The molecule has 0 N–H and O–H groups in total. The number of esters is 2. The lowest BCUT2D eigenvalue weighted by Crippen LogP contribution is -2.15. The largest absolute Gasteiger partial charge is 0.424 e. The zero-order chi connectivity index (χ0) is 16.8. The fourth-order valence-electron chi connectivity index (χ4n) is 2.06. The van der Waals surface area contributed by atoms with E-state index in [1.807, 2.05) is 0 Å². The van der Waals surface area contributed by atoms with Gasteiger partial charge in [0.2, 0.25) is 0 Å². The maximum Gasteiger partial charge on any atom is 0.335 e. The molecule has 0 fully saturated rings. The molecule has 0 aromatic heterocycles. The van der Waals surface area contributed by atoms with E-state index >= 15 is 0 Å². The van der Waals surface area contributed by atoms with E-state index < -0.39 is 24.0 Å². The van der Waals surface area contributed by atoms with Crippen molar-refractivity contribution in [1.29, 1.82) is 0 Å². The number of carbonyl (C=O) groups is 2. The first-order valence-electron chi connectivity index (χ1n) is 6.86. The third-order valence-corrected chi connectivity index (χ3v) is 3.17. The van der Waals surface area contributed by atoms with Crippen molar-refractivity contribution in [2.75, 3.05) is 0 Å². The van der Waals surface area contributed by atoms with E-state index in [2.05, 4.69) is 13.2 Å². The van der Waals surface area contributed by atoms with Crippen LogP contribution in [0.1, 0.15) is 11.5 Å². The lowest BCUT2D eigenvalue weighted by Gasteiger charge is -2.20. The molecule has 0 aliphatic heterocycles. The van der Waals surface area contributed by atoms with Gasteiger partial charge in [-0.15, -0.1) is 0 Å². The summed E-state index contributed by atoms with van der Waals surface area (Å²) in [7, 11) is 0. The summed E-state index contributed by atoms with van der Waals surface area (Å²) in [4.78, 5) is 22.2. The highest BCUT2D eigenvalue weighted by Crippen LogP contribution is 2.31. The van der Waals surface area contributed by atoms with Crippen LogP contribution in [0.25, 0.3) is 0 Å². The standard InChI is InChI=1S/C18H15FO4/c1-3-17(20)22-13-7-5-12(6-8-13)15-10-9-14(11-16(15)19)23-18(21)4-2/h3-11,15-16H,1-2H2. The smallest absolute Gasteiger partial charge is 0.335 e. The molecule has 0 saturated heterocycles. The van der Waals surface area contributed by atoms with Crippen molar-refractivity contribution in [3.63, 3.8) is 0 Å². The van der Waals surface area contributed by atoms with Gasteiger partial charge in [-0.25, -0.2) is 14.0 Å². The zero-order valence-corrected chi connectivity index (χ0v) is 12.3. The fraction of sp³-hybridized carbons (Fsp3) is 0.111. The van der Waals surface area contributed by atoms with Crippen LogP contribution in [-0.2, 0) is 14.3 Å². The summed E-state index contributed by atoms with van der Waals surface area (Å²) < 4.78 is 24.1. The first kappa shape index (κ1) is 16.4. The van der Waals surface area contributed by atoms with Crippen molar-refractivity contribution in [2.45, 2.75) is 12.1 Å². The number of rotatable bonds is 5. The van der Waals surface area contributed by atoms with E-state index in [1.165, 1.54) is 12.2 Å². The minimum atomic E-state index is -1.34. The van der Waals surface area contributed by atoms with Gasteiger partial charge in [-0.05, 0) is 29.8 Å². The minimum absolute atomic E-state index is 0.148. The van der Waals surface area contributed by atoms with Gasteiger partial charge >= 0.3 is 11.9 Å². The Hall–Kier alpha value is -2.95. The predicted molar refractivity (Wildman–Crippen MR) is 83.4 cm³/mol. The van der Waals surface area contributed by atoms with Crippen LogP contribution in [0.4, 0.5) is 4.39 Å². The van der Waals surface area contributed by atoms with E-state index in [0.717, 1.165) is 12.2 Å². The van der Waals surface area contributed by atoms with Crippen LogP contribution in [0, 0.1) is 0 Å². The molecule has 1 aliphatic rings. The number of hydrogen-bond acceptors (Lipinski definition) is 4. The molecule has 1 aromatic carbocycles. The van der Waals surface area contributed by atoms with Crippen LogP contribution in [0.15, 0.2) is 73.6 Å². The topological polar surface area (TPSA) is 52.6 Å². The molecule has 0 heterocycles. The Morgan fingerprint density at radius 1 is 1.04 bits per heavy atom. The number of hydrogen-bond donors (Lipinski definition) is 0. The first-order chi connectivity index (χ1) is 11.0. The van der Waals surface area contributed by atoms with Crippen LogP contribution >= 0.6 is 0 Å². The van der Waals surface area contributed by atoms with E-state index in [1.54, 1.807) is 30.3 Å². The summed E-state index contributed by atoms with van der Waals surface area (Å²) in [5, 5.41) is 0. The van der Waals surface area contributed by atoms with Crippen LogP contribution < -0.4 is 4.74 Å². The molecule has 118 valence electrons. The Bertz CT molecular complexity index is 685. The van der Waals surface area contributed by atoms with Crippen molar-refractivity contribution >= 4 is 11.9 Å². The highest BCUT2D eigenvalue weighted by molar-refractivity contribution is 5.83. The molecular weight excluding hydrogens is 299 g/mol. The Labute approximate surface area is 133 Å². The van der Waals surface area contributed by atoms with Crippen molar-refractivity contribution in [3.8, 4) is 5.75 Å². The third kappa shape index (κ3) is 4.26. The normalized spacial score (nSPS) is 19.4. The van der Waals surface area contributed by atoms with Gasteiger partial charge in [-0.3, -0.25) is 0 Å². The number of alkyl halides is 1. The Morgan fingerprint density at radius 2 is 1.65 bits per heavy atom. The number of carbonyl (C=O) groups excluding carboxylic acids is 2. The predicted octanol–water partition coefficient (Wildman–Crippen LogP) is 3.38. The monoisotopic (exact) mass is 314 g/mol. The van der Waals surface area contributed by atoms with Crippen LogP contribution in [0.2, 0.25) is 0 Å². The van der Waals surface area contributed by atoms with Gasteiger partial charge in [0.25, 0.3) is 0 Å². The summed E-state index contributed by atoms with van der Waals surface area (Å²) in [6.07, 6.45) is 5.12. The first-order valence-corrected chi connectivity index (χ1v) is 6.86. The van der Waals surface area contributed by atoms with Gasteiger partial charge in [-0.2, -0.15) is 0 Å². The Balaban J connectivity index is 2.07. The van der Waals surface area contributed by atoms with Crippen LogP contribution in [0.3, 0.4) is 0 Å². The molecule has 0 saturated carbocycles. The highest BCUT2D eigenvalue weighted by atomic mass is 19.1. The number of ether oxygens (including phenoxy) is 2. The van der Waals surface area contributed by atoms with Gasteiger partial charge in [0.15, 0.2) is 0 Å². The molecule has 2 atom stereocenters. The number of benzene rings is 1.